The Bertz CT molecular complexity index is 294. The first-order chi connectivity index (χ1) is 8.36. The molecule has 3 aliphatic carbocycles. The molecule has 0 aromatic heterocycles. The largest absolute Gasteiger partial charge is 0.312 e. The van der Waals surface area contributed by atoms with Gasteiger partial charge in [0.1, 0.15) is 5.84 Å². The second-order valence-electron chi connectivity index (χ2n) is 6.23. The van der Waals surface area contributed by atoms with Gasteiger partial charge in [0.25, 0.3) is 0 Å². The van der Waals surface area contributed by atoms with E-state index in [0.717, 1.165) is 17.7 Å². The van der Waals surface area contributed by atoms with Crippen LogP contribution in [0.4, 0.5) is 0 Å². The van der Waals surface area contributed by atoms with Crippen LogP contribution in [0.5, 0.6) is 0 Å². The maximum absolute atomic E-state index is 5.72. The second kappa shape index (κ2) is 4.97. The standard InChI is InChI=1S/C14H25N3/c15-17-14(16-12-4-2-1-3-5-12)13-9-10-6-7-11(13)8-10/h10-13H,1-9,15H2,(H,16,17). The van der Waals surface area contributed by atoms with Crippen LogP contribution in [0.1, 0.15) is 57.8 Å². The summed E-state index contributed by atoms with van der Waals surface area (Å²) in [5.41, 5.74) is 2.93. The summed E-state index contributed by atoms with van der Waals surface area (Å²) in [6, 6.07) is 0.550. The Hall–Kier alpha value is -0.570. The molecular formula is C14H25N3. The van der Waals surface area contributed by atoms with Crippen LogP contribution < -0.4 is 11.3 Å². The summed E-state index contributed by atoms with van der Waals surface area (Å²) in [6.07, 6.45) is 12.2. The van der Waals surface area contributed by atoms with Gasteiger partial charge in [0.05, 0.1) is 6.04 Å². The Kier molecular flexibility index (Phi) is 3.37. The molecule has 0 heterocycles. The lowest BCUT2D eigenvalue weighted by Crippen LogP contribution is -2.39. The number of hydrogen-bond acceptors (Lipinski definition) is 2. The monoisotopic (exact) mass is 235 g/mol. The van der Waals surface area contributed by atoms with Gasteiger partial charge in [0.2, 0.25) is 0 Å². The van der Waals surface area contributed by atoms with Gasteiger partial charge in [0.15, 0.2) is 0 Å². The van der Waals surface area contributed by atoms with E-state index < -0.39 is 0 Å². The van der Waals surface area contributed by atoms with Crippen molar-refractivity contribution in [2.45, 2.75) is 63.8 Å². The molecule has 3 nitrogen and oxygen atoms in total. The summed E-state index contributed by atoms with van der Waals surface area (Å²) >= 11 is 0. The Balaban J connectivity index is 1.67. The molecule has 0 aromatic carbocycles. The summed E-state index contributed by atoms with van der Waals surface area (Å²) in [5, 5.41) is 0. The number of nitrogens with zero attached hydrogens (tertiary/aromatic N) is 1. The minimum Gasteiger partial charge on any atom is -0.312 e. The van der Waals surface area contributed by atoms with Crippen molar-refractivity contribution in [3.63, 3.8) is 0 Å². The van der Waals surface area contributed by atoms with Crippen LogP contribution in [0.25, 0.3) is 0 Å². The quantitative estimate of drug-likeness (QED) is 0.334. The van der Waals surface area contributed by atoms with Crippen LogP contribution in [0, 0.1) is 17.8 Å². The number of amidine groups is 1. The highest BCUT2D eigenvalue weighted by molar-refractivity contribution is 5.85. The summed E-state index contributed by atoms with van der Waals surface area (Å²) in [4.78, 5) is 4.94. The van der Waals surface area contributed by atoms with E-state index in [1.807, 2.05) is 0 Å². The molecular weight excluding hydrogens is 210 g/mol. The van der Waals surface area contributed by atoms with Crippen molar-refractivity contribution in [1.29, 1.82) is 0 Å². The molecule has 3 saturated carbocycles. The van der Waals surface area contributed by atoms with E-state index in [2.05, 4.69) is 5.43 Å². The second-order valence-corrected chi connectivity index (χ2v) is 6.23. The predicted molar refractivity (Wildman–Crippen MR) is 70.6 cm³/mol. The third-order valence-corrected chi connectivity index (χ3v) is 5.13. The van der Waals surface area contributed by atoms with Crippen molar-refractivity contribution < 1.29 is 0 Å². The van der Waals surface area contributed by atoms with E-state index in [-0.39, 0.29) is 0 Å². The maximum atomic E-state index is 5.72. The maximum Gasteiger partial charge on any atom is 0.114 e. The molecule has 96 valence electrons. The van der Waals surface area contributed by atoms with Crippen LogP contribution >= 0.6 is 0 Å². The van der Waals surface area contributed by atoms with E-state index in [9.17, 15) is 0 Å². The first kappa shape index (κ1) is 11.5. The van der Waals surface area contributed by atoms with Crippen LogP contribution in [-0.4, -0.2) is 11.9 Å². The fourth-order valence-electron chi connectivity index (χ4n) is 4.23. The Morgan fingerprint density at radius 2 is 1.82 bits per heavy atom. The third-order valence-electron chi connectivity index (χ3n) is 5.13. The Labute approximate surface area is 104 Å². The molecule has 0 radical (unpaired) electrons. The summed E-state index contributed by atoms with van der Waals surface area (Å²) in [5.74, 6) is 9.34. The zero-order valence-electron chi connectivity index (χ0n) is 10.7. The van der Waals surface area contributed by atoms with Crippen molar-refractivity contribution in [2.24, 2.45) is 28.6 Å². The molecule has 3 rings (SSSR count). The topological polar surface area (TPSA) is 50.4 Å². The number of nitrogens with two attached hydrogens (primary N) is 1. The van der Waals surface area contributed by atoms with Gasteiger partial charge < -0.3 is 5.43 Å². The van der Waals surface area contributed by atoms with Gasteiger partial charge in [-0.3, -0.25) is 4.99 Å². The Morgan fingerprint density at radius 3 is 2.41 bits per heavy atom. The minimum atomic E-state index is 0.550. The molecule has 17 heavy (non-hydrogen) atoms. The van der Waals surface area contributed by atoms with E-state index in [1.54, 1.807) is 0 Å². The van der Waals surface area contributed by atoms with E-state index in [4.69, 9.17) is 10.8 Å². The zero-order chi connectivity index (χ0) is 11.7. The van der Waals surface area contributed by atoms with Gasteiger partial charge in [-0.05, 0) is 43.9 Å². The van der Waals surface area contributed by atoms with Crippen molar-refractivity contribution in [1.82, 2.24) is 5.43 Å². The average Bonchev–Trinajstić information content (AvgIpc) is 2.99. The lowest BCUT2D eigenvalue weighted by Gasteiger charge is -2.26. The minimum absolute atomic E-state index is 0.550. The van der Waals surface area contributed by atoms with Gasteiger partial charge in [-0.25, -0.2) is 5.84 Å². The number of hydrazine groups is 1. The Morgan fingerprint density at radius 1 is 1.00 bits per heavy atom. The molecule has 0 aliphatic heterocycles. The third kappa shape index (κ3) is 2.35. The number of rotatable bonds is 2. The highest BCUT2D eigenvalue weighted by atomic mass is 15.3. The average molecular weight is 235 g/mol. The van der Waals surface area contributed by atoms with Crippen LogP contribution in [-0.2, 0) is 0 Å². The van der Waals surface area contributed by atoms with Crippen molar-refractivity contribution in [2.75, 3.05) is 0 Å². The van der Waals surface area contributed by atoms with Crippen LogP contribution in [0.3, 0.4) is 0 Å². The van der Waals surface area contributed by atoms with Crippen LogP contribution in [0.2, 0.25) is 0 Å². The number of hydrogen-bond donors (Lipinski definition) is 2. The van der Waals surface area contributed by atoms with Crippen LogP contribution in [0.15, 0.2) is 4.99 Å². The molecule has 0 saturated heterocycles. The predicted octanol–water partition coefficient (Wildman–Crippen LogP) is 2.62. The lowest BCUT2D eigenvalue weighted by atomic mass is 9.87. The molecule has 3 unspecified atom stereocenters. The molecule has 3 aliphatic rings. The van der Waals surface area contributed by atoms with Crippen molar-refractivity contribution >= 4 is 5.84 Å². The fourth-order valence-corrected chi connectivity index (χ4v) is 4.23. The summed E-state index contributed by atoms with van der Waals surface area (Å²) < 4.78 is 0. The molecule has 3 N–H and O–H groups in total. The van der Waals surface area contributed by atoms with Crippen molar-refractivity contribution in [3.05, 3.63) is 0 Å². The summed E-state index contributed by atoms with van der Waals surface area (Å²) in [7, 11) is 0. The molecule has 3 atom stereocenters. The highest BCUT2D eigenvalue weighted by Crippen LogP contribution is 2.48. The lowest BCUT2D eigenvalue weighted by molar-refractivity contribution is 0.397. The SMILES string of the molecule is NNC(=NC1CCCCC1)C1CC2CCC1C2. The molecule has 0 amide bonds. The van der Waals surface area contributed by atoms with Crippen molar-refractivity contribution in [3.8, 4) is 0 Å². The molecule has 3 fully saturated rings. The normalized spacial score (nSPS) is 38.6. The molecule has 0 aromatic rings. The zero-order valence-corrected chi connectivity index (χ0v) is 10.7. The van der Waals surface area contributed by atoms with Gasteiger partial charge in [-0.15, -0.1) is 0 Å². The first-order valence-corrected chi connectivity index (χ1v) is 7.41. The van der Waals surface area contributed by atoms with Gasteiger partial charge in [-0.2, -0.15) is 0 Å². The van der Waals surface area contributed by atoms with E-state index >= 15 is 0 Å². The number of aliphatic imine (C=N–C) groups is 1. The number of nitrogens with one attached hydrogen (secondary N) is 1. The highest BCUT2D eigenvalue weighted by Gasteiger charge is 2.42. The fraction of sp³-hybridized carbons (Fsp3) is 0.929. The summed E-state index contributed by atoms with van der Waals surface area (Å²) in [6.45, 7) is 0. The first-order valence-electron chi connectivity index (χ1n) is 7.41. The number of fused-ring (bicyclic) bond motifs is 2. The van der Waals surface area contributed by atoms with Gasteiger partial charge >= 0.3 is 0 Å². The van der Waals surface area contributed by atoms with Gasteiger partial charge in [0, 0.05) is 5.92 Å². The van der Waals surface area contributed by atoms with E-state index in [1.165, 1.54) is 57.8 Å². The molecule has 3 heteroatoms. The molecule has 0 spiro atoms. The van der Waals surface area contributed by atoms with E-state index in [0.29, 0.717) is 12.0 Å². The van der Waals surface area contributed by atoms with Gasteiger partial charge in [-0.1, -0.05) is 25.7 Å². The smallest absolute Gasteiger partial charge is 0.114 e. The molecule has 2 bridgehead atoms.